The monoisotopic (exact) mass is 220 g/mol. The number of hydrazone groups is 1. The summed E-state index contributed by atoms with van der Waals surface area (Å²) in [6.45, 7) is 2.49. The van der Waals surface area contributed by atoms with Crippen LogP contribution in [0.5, 0.6) is 0 Å². The predicted molar refractivity (Wildman–Crippen MR) is 64.4 cm³/mol. The maximum Gasteiger partial charge on any atom is 0.351 e. The maximum absolute atomic E-state index is 11.1. The lowest BCUT2D eigenvalue weighted by Gasteiger charge is -2.00. The Labute approximate surface area is 95.3 Å². The van der Waals surface area contributed by atoms with Gasteiger partial charge in [0.2, 0.25) is 0 Å². The van der Waals surface area contributed by atoms with Gasteiger partial charge in [-0.1, -0.05) is 31.5 Å². The lowest BCUT2D eigenvalue weighted by Crippen LogP contribution is -2.07. The lowest BCUT2D eigenvalue weighted by molar-refractivity contribution is -0.135. The Kier molecular flexibility index (Phi) is 5.70. The molecule has 4 nitrogen and oxygen atoms in total. The van der Waals surface area contributed by atoms with Crippen LogP contribution in [0.4, 0.5) is 5.69 Å². The van der Waals surface area contributed by atoms with Crippen LogP contribution in [0, 0.1) is 0 Å². The van der Waals surface area contributed by atoms with Crippen molar-refractivity contribution in [1.29, 1.82) is 0 Å². The van der Waals surface area contributed by atoms with E-state index in [-0.39, 0.29) is 0 Å². The quantitative estimate of drug-likeness (QED) is 0.346. The SMILES string of the molecule is CCCCOC(=O)/C=N/Nc1ccccc1. The summed E-state index contributed by atoms with van der Waals surface area (Å²) < 4.78 is 4.89. The van der Waals surface area contributed by atoms with E-state index < -0.39 is 5.97 Å². The van der Waals surface area contributed by atoms with Crippen molar-refractivity contribution in [2.75, 3.05) is 12.0 Å². The average Bonchev–Trinajstić information content (AvgIpc) is 2.31. The van der Waals surface area contributed by atoms with Gasteiger partial charge in [0, 0.05) is 0 Å². The van der Waals surface area contributed by atoms with Crippen LogP contribution in [0.1, 0.15) is 19.8 Å². The van der Waals surface area contributed by atoms with Gasteiger partial charge in [-0.25, -0.2) is 4.79 Å². The Hall–Kier alpha value is -1.84. The van der Waals surface area contributed by atoms with E-state index in [2.05, 4.69) is 10.5 Å². The third-order valence-corrected chi connectivity index (χ3v) is 1.88. The van der Waals surface area contributed by atoms with Crippen LogP contribution in [0.3, 0.4) is 0 Å². The highest BCUT2D eigenvalue weighted by molar-refractivity contribution is 6.23. The molecule has 0 spiro atoms. The number of carbonyl (C=O) groups is 1. The predicted octanol–water partition coefficient (Wildman–Crippen LogP) is 2.43. The van der Waals surface area contributed by atoms with Crippen molar-refractivity contribution < 1.29 is 9.53 Å². The summed E-state index contributed by atoms with van der Waals surface area (Å²) in [5, 5.41) is 3.77. The minimum Gasteiger partial charge on any atom is -0.461 e. The Morgan fingerprint density at radius 3 is 2.88 bits per heavy atom. The molecule has 1 aromatic carbocycles. The van der Waals surface area contributed by atoms with Gasteiger partial charge in [0.15, 0.2) is 0 Å². The van der Waals surface area contributed by atoms with Gasteiger partial charge in [-0.15, -0.1) is 0 Å². The second-order valence-electron chi connectivity index (χ2n) is 3.26. The number of hydrogen-bond donors (Lipinski definition) is 1. The molecule has 1 aromatic rings. The number of benzene rings is 1. The first kappa shape index (κ1) is 12.2. The molecule has 0 bridgehead atoms. The number of unbranched alkanes of at least 4 members (excludes halogenated alkanes) is 1. The fraction of sp³-hybridized carbons (Fsp3) is 0.333. The molecule has 0 aromatic heterocycles. The van der Waals surface area contributed by atoms with Gasteiger partial charge in [0.25, 0.3) is 0 Å². The van der Waals surface area contributed by atoms with Crippen molar-refractivity contribution in [2.45, 2.75) is 19.8 Å². The molecule has 0 aliphatic heterocycles. The molecule has 0 unspecified atom stereocenters. The number of ether oxygens (including phenoxy) is 1. The second kappa shape index (κ2) is 7.45. The topological polar surface area (TPSA) is 50.7 Å². The molecular formula is C12H16N2O2. The van der Waals surface area contributed by atoms with E-state index >= 15 is 0 Å². The first-order valence-electron chi connectivity index (χ1n) is 5.34. The molecular weight excluding hydrogens is 204 g/mol. The summed E-state index contributed by atoms with van der Waals surface area (Å²) in [5.41, 5.74) is 3.57. The molecule has 1 rings (SSSR count). The molecule has 86 valence electrons. The van der Waals surface area contributed by atoms with Gasteiger partial charge in [-0.2, -0.15) is 5.10 Å². The van der Waals surface area contributed by atoms with E-state index in [0.29, 0.717) is 6.61 Å². The van der Waals surface area contributed by atoms with Gasteiger partial charge in [0.1, 0.15) is 6.21 Å². The molecule has 1 N–H and O–H groups in total. The normalized spacial score (nSPS) is 10.3. The Morgan fingerprint density at radius 1 is 1.44 bits per heavy atom. The van der Waals surface area contributed by atoms with E-state index in [1.165, 1.54) is 0 Å². The average molecular weight is 220 g/mol. The van der Waals surface area contributed by atoms with Crippen molar-refractivity contribution in [3.8, 4) is 0 Å². The summed E-state index contributed by atoms with van der Waals surface area (Å²) in [7, 11) is 0. The molecule has 0 radical (unpaired) electrons. The number of nitrogens with one attached hydrogen (secondary N) is 1. The number of nitrogens with zero attached hydrogens (tertiary/aromatic N) is 1. The Morgan fingerprint density at radius 2 is 2.19 bits per heavy atom. The number of para-hydroxylation sites is 1. The van der Waals surface area contributed by atoms with E-state index in [4.69, 9.17) is 4.74 Å². The summed E-state index contributed by atoms with van der Waals surface area (Å²) in [4.78, 5) is 11.1. The van der Waals surface area contributed by atoms with Gasteiger partial charge < -0.3 is 4.74 Å². The summed E-state index contributed by atoms with van der Waals surface area (Å²) in [6.07, 6.45) is 3.03. The van der Waals surface area contributed by atoms with Crippen molar-refractivity contribution in [3.05, 3.63) is 30.3 Å². The van der Waals surface area contributed by atoms with Crippen LogP contribution in [0.15, 0.2) is 35.4 Å². The minimum absolute atomic E-state index is 0.420. The number of esters is 1. The van der Waals surface area contributed by atoms with Gasteiger partial charge in [-0.3, -0.25) is 5.43 Å². The first-order valence-corrected chi connectivity index (χ1v) is 5.34. The highest BCUT2D eigenvalue weighted by Crippen LogP contribution is 2.03. The van der Waals surface area contributed by atoms with Crippen LogP contribution < -0.4 is 5.43 Å². The molecule has 0 saturated heterocycles. The molecule has 0 atom stereocenters. The zero-order chi connectivity index (χ0) is 11.6. The smallest absolute Gasteiger partial charge is 0.351 e. The Bertz CT molecular complexity index is 336. The Balaban J connectivity index is 2.24. The van der Waals surface area contributed by atoms with E-state index in [0.717, 1.165) is 24.7 Å². The number of carbonyl (C=O) groups excluding carboxylic acids is 1. The minimum atomic E-state index is -0.420. The van der Waals surface area contributed by atoms with Crippen LogP contribution >= 0.6 is 0 Å². The van der Waals surface area contributed by atoms with Crippen LogP contribution in [0.2, 0.25) is 0 Å². The molecule has 16 heavy (non-hydrogen) atoms. The van der Waals surface area contributed by atoms with Gasteiger partial charge in [-0.05, 0) is 18.6 Å². The van der Waals surface area contributed by atoms with Gasteiger partial charge in [0.05, 0.1) is 12.3 Å². The zero-order valence-electron chi connectivity index (χ0n) is 9.35. The molecule has 0 aliphatic carbocycles. The number of anilines is 1. The molecule has 0 saturated carbocycles. The molecule has 0 aliphatic rings. The van der Waals surface area contributed by atoms with Crippen LogP contribution in [-0.2, 0) is 9.53 Å². The van der Waals surface area contributed by atoms with Gasteiger partial charge >= 0.3 is 5.97 Å². The standard InChI is InChI=1S/C12H16N2O2/c1-2-3-9-16-12(15)10-13-14-11-7-5-4-6-8-11/h4-8,10,14H,2-3,9H2,1H3/b13-10+. The fourth-order valence-electron chi connectivity index (χ4n) is 1.03. The van der Waals surface area contributed by atoms with E-state index in [9.17, 15) is 4.79 Å². The van der Waals surface area contributed by atoms with Crippen LogP contribution in [-0.4, -0.2) is 18.8 Å². The zero-order valence-corrected chi connectivity index (χ0v) is 9.35. The third-order valence-electron chi connectivity index (χ3n) is 1.88. The van der Waals surface area contributed by atoms with Crippen LogP contribution in [0.25, 0.3) is 0 Å². The molecule has 0 fully saturated rings. The first-order chi connectivity index (χ1) is 7.83. The molecule has 4 heteroatoms. The van der Waals surface area contributed by atoms with E-state index in [1.807, 2.05) is 37.3 Å². The van der Waals surface area contributed by atoms with Crippen molar-refractivity contribution in [3.63, 3.8) is 0 Å². The summed E-state index contributed by atoms with van der Waals surface area (Å²) >= 11 is 0. The molecule has 0 heterocycles. The summed E-state index contributed by atoms with van der Waals surface area (Å²) in [6, 6.07) is 9.41. The van der Waals surface area contributed by atoms with E-state index in [1.54, 1.807) is 0 Å². The highest BCUT2D eigenvalue weighted by atomic mass is 16.5. The van der Waals surface area contributed by atoms with Crippen molar-refractivity contribution in [1.82, 2.24) is 0 Å². The number of hydrogen-bond acceptors (Lipinski definition) is 4. The van der Waals surface area contributed by atoms with Crippen molar-refractivity contribution in [2.24, 2.45) is 5.10 Å². The fourth-order valence-corrected chi connectivity index (χ4v) is 1.03. The van der Waals surface area contributed by atoms with Crippen molar-refractivity contribution >= 4 is 17.9 Å². The largest absolute Gasteiger partial charge is 0.461 e. The lowest BCUT2D eigenvalue weighted by atomic mass is 10.3. The highest BCUT2D eigenvalue weighted by Gasteiger charge is 1.96. The molecule has 0 amide bonds. The third kappa shape index (κ3) is 5.14. The second-order valence-corrected chi connectivity index (χ2v) is 3.26. The number of rotatable bonds is 6. The summed E-state index contributed by atoms with van der Waals surface area (Å²) in [5.74, 6) is -0.420. The maximum atomic E-state index is 11.1.